The molecule has 2 aliphatic rings. The van der Waals surface area contributed by atoms with E-state index in [1.54, 1.807) is 18.2 Å². The van der Waals surface area contributed by atoms with Crippen LogP contribution in [-0.4, -0.2) is 96.6 Å². The average molecular weight is 604 g/mol. The van der Waals surface area contributed by atoms with Crippen LogP contribution in [0.5, 0.6) is 5.75 Å². The third kappa shape index (κ3) is 9.02. The number of likely N-dealkylation sites (N-methyl/N-ethyl adjacent to an activating group) is 1. The summed E-state index contributed by atoms with van der Waals surface area (Å²) in [5.74, 6) is 1.29. The highest BCUT2D eigenvalue weighted by atomic mass is 35.5. The van der Waals surface area contributed by atoms with E-state index in [1.165, 1.54) is 6.20 Å². The first-order valence-corrected chi connectivity index (χ1v) is 15.1. The lowest BCUT2D eigenvalue weighted by Gasteiger charge is -2.34. The van der Waals surface area contributed by atoms with Gasteiger partial charge in [-0.1, -0.05) is 23.7 Å². The van der Waals surface area contributed by atoms with Gasteiger partial charge in [-0.05, 0) is 49.4 Å². The summed E-state index contributed by atoms with van der Waals surface area (Å²) in [5.41, 5.74) is 2.82. The van der Waals surface area contributed by atoms with Gasteiger partial charge in [0.05, 0.1) is 18.5 Å². The third-order valence-corrected chi connectivity index (χ3v) is 7.81. The summed E-state index contributed by atoms with van der Waals surface area (Å²) in [4.78, 5) is 28.9. The SMILES string of the molecule is CN1CCN(CCN2CCC(=O)NCCCOc3ccc(Cl)cc3Nc3ncc(C#N)c(n3)Nc3cccc(c3)C2)CC1. The molecule has 0 radical (unpaired) electrons. The van der Waals surface area contributed by atoms with E-state index in [9.17, 15) is 10.1 Å². The Morgan fingerprint density at radius 2 is 1.88 bits per heavy atom. The summed E-state index contributed by atoms with van der Waals surface area (Å²) in [6.07, 6.45) is 2.55. The zero-order valence-corrected chi connectivity index (χ0v) is 25.2. The van der Waals surface area contributed by atoms with E-state index in [0.717, 1.165) is 50.5 Å². The zero-order chi connectivity index (χ0) is 30.0. The molecule has 226 valence electrons. The van der Waals surface area contributed by atoms with Crippen molar-refractivity contribution in [2.24, 2.45) is 0 Å². The summed E-state index contributed by atoms with van der Waals surface area (Å²) in [5, 5.41) is 19.8. The van der Waals surface area contributed by atoms with E-state index in [2.05, 4.69) is 65.9 Å². The van der Waals surface area contributed by atoms with Crippen molar-refractivity contribution < 1.29 is 9.53 Å². The van der Waals surface area contributed by atoms with Crippen LogP contribution in [0.25, 0.3) is 0 Å². The van der Waals surface area contributed by atoms with Gasteiger partial charge in [-0.3, -0.25) is 14.6 Å². The topological polar surface area (TPSA) is 122 Å². The van der Waals surface area contributed by atoms with Gasteiger partial charge in [-0.15, -0.1) is 0 Å². The molecule has 0 spiro atoms. The molecule has 43 heavy (non-hydrogen) atoms. The van der Waals surface area contributed by atoms with E-state index in [0.29, 0.717) is 72.9 Å². The number of ether oxygens (including phenoxy) is 1. The van der Waals surface area contributed by atoms with Crippen LogP contribution in [0, 0.1) is 11.3 Å². The molecule has 2 aliphatic heterocycles. The molecule has 1 saturated heterocycles. The molecule has 0 unspecified atom stereocenters. The maximum absolute atomic E-state index is 12.7. The normalized spacial score (nSPS) is 17.7. The molecule has 11 nitrogen and oxygen atoms in total. The molecule has 3 aromatic rings. The molecule has 0 atom stereocenters. The number of aromatic nitrogens is 2. The molecule has 1 amide bonds. The number of rotatable bonds is 3. The lowest BCUT2D eigenvalue weighted by Crippen LogP contribution is -2.47. The van der Waals surface area contributed by atoms with Crippen LogP contribution in [0.3, 0.4) is 0 Å². The number of hydrogen-bond acceptors (Lipinski definition) is 10. The van der Waals surface area contributed by atoms with Gasteiger partial charge in [0.25, 0.3) is 0 Å². The number of nitrogens with zero attached hydrogens (tertiary/aromatic N) is 6. The third-order valence-electron chi connectivity index (χ3n) is 7.58. The maximum atomic E-state index is 12.7. The molecular formula is C31H38ClN9O2. The summed E-state index contributed by atoms with van der Waals surface area (Å²) in [6, 6.07) is 15.5. The number of anilines is 4. The summed E-state index contributed by atoms with van der Waals surface area (Å²) in [6.45, 7) is 8.36. The van der Waals surface area contributed by atoms with Crippen LogP contribution in [0.4, 0.5) is 23.1 Å². The number of hydrogen-bond donors (Lipinski definition) is 3. The van der Waals surface area contributed by atoms with Gasteiger partial charge in [0.15, 0.2) is 5.82 Å². The molecule has 1 aromatic heterocycles. The summed E-state index contributed by atoms with van der Waals surface area (Å²) >= 11 is 6.27. The first kappa shape index (κ1) is 30.5. The number of carbonyl (C=O) groups excluding carboxylic acids is 1. The van der Waals surface area contributed by atoms with Crippen LogP contribution in [0.1, 0.15) is 24.0 Å². The number of nitrogens with one attached hydrogen (secondary N) is 3. The van der Waals surface area contributed by atoms with Crippen molar-refractivity contribution in [3.05, 3.63) is 64.8 Å². The van der Waals surface area contributed by atoms with Crippen LogP contribution < -0.4 is 20.7 Å². The quantitative estimate of drug-likeness (QED) is 0.407. The predicted octanol–water partition coefficient (Wildman–Crippen LogP) is 3.83. The number of fused-ring (bicyclic) bond motifs is 5. The molecule has 0 saturated carbocycles. The Bertz CT molecular complexity index is 1440. The first-order chi connectivity index (χ1) is 20.9. The monoisotopic (exact) mass is 603 g/mol. The number of halogens is 1. The van der Waals surface area contributed by atoms with E-state index in [-0.39, 0.29) is 5.91 Å². The molecule has 5 rings (SSSR count). The minimum Gasteiger partial charge on any atom is -0.491 e. The molecule has 2 aromatic carbocycles. The highest BCUT2D eigenvalue weighted by Crippen LogP contribution is 2.31. The first-order valence-electron chi connectivity index (χ1n) is 14.7. The number of piperazine rings is 1. The van der Waals surface area contributed by atoms with Crippen LogP contribution in [-0.2, 0) is 11.3 Å². The molecular weight excluding hydrogens is 566 g/mol. The van der Waals surface area contributed by atoms with Crippen LogP contribution in [0.2, 0.25) is 5.02 Å². The van der Waals surface area contributed by atoms with Gasteiger partial charge in [0.2, 0.25) is 11.9 Å². The van der Waals surface area contributed by atoms with Crippen molar-refractivity contribution in [2.45, 2.75) is 19.4 Å². The average Bonchev–Trinajstić information content (AvgIpc) is 3.00. The van der Waals surface area contributed by atoms with Crippen molar-refractivity contribution in [3.8, 4) is 11.8 Å². The van der Waals surface area contributed by atoms with Crippen LogP contribution in [0.15, 0.2) is 48.7 Å². The van der Waals surface area contributed by atoms with Crippen molar-refractivity contribution in [1.82, 2.24) is 30.0 Å². The molecule has 4 bridgehead atoms. The smallest absolute Gasteiger partial charge is 0.229 e. The maximum Gasteiger partial charge on any atom is 0.229 e. The van der Waals surface area contributed by atoms with Gasteiger partial charge >= 0.3 is 0 Å². The van der Waals surface area contributed by atoms with Crippen molar-refractivity contribution >= 4 is 40.6 Å². The number of carbonyl (C=O) groups is 1. The number of amides is 1. The van der Waals surface area contributed by atoms with E-state index in [4.69, 9.17) is 16.3 Å². The van der Waals surface area contributed by atoms with Gasteiger partial charge in [-0.25, -0.2) is 4.98 Å². The standard InChI is InChI=1S/C31H38ClN9O2/c1-39-11-13-40(14-12-39)15-16-41-10-8-29(42)34-9-3-17-43-28-7-6-25(32)19-27(28)37-31-35-21-24(20-33)30(38-31)36-26-5-2-4-23(18-26)22-41/h2,4-7,18-19,21H,3,8-17,22H2,1H3,(H,34,42)(H2,35,36,37,38). The molecule has 12 heteroatoms. The Hall–Kier alpha value is -3.95. The molecule has 3 N–H and O–H groups in total. The molecule has 1 fully saturated rings. The fourth-order valence-corrected chi connectivity index (χ4v) is 5.23. The Balaban J connectivity index is 1.38. The fourth-order valence-electron chi connectivity index (χ4n) is 5.06. The van der Waals surface area contributed by atoms with Gasteiger partial charge in [-0.2, -0.15) is 10.2 Å². The Labute approximate surface area is 257 Å². The van der Waals surface area contributed by atoms with Gasteiger partial charge in [0.1, 0.15) is 17.4 Å². The highest BCUT2D eigenvalue weighted by molar-refractivity contribution is 6.31. The lowest BCUT2D eigenvalue weighted by molar-refractivity contribution is -0.121. The second kappa shape index (κ2) is 15.0. The Morgan fingerprint density at radius 1 is 1.05 bits per heavy atom. The second-order valence-electron chi connectivity index (χ2n) is 10.9. The highest BCUT2D eigenvalue weighted by Gasteiger charge is 2.17. The van der Waals surface area contributed by atoms with Crippen molar-refractivity contribution in [3.63, 3.8) is 0 Å². The predicted molar refractivity (Wildman–Crippen MR) is 168 cm³/mol. The molecule has 3 heterocycles. The van der Waals surface area contributed by atoms with Gasteiger partial charge in [0, 0.05) is 76.0 Å². The van der Waals surface area contributed by atoms with Crippen molar-refractivity contribution in [1.29, 1.82) is 5.26 Å². The zero-order valence-electron chi connectivity index (χ0n) is 24.5. The minimum atomic E-state index is 0.0305. The summed E-state index contributed by atoms with van der Waals surface area (Å²) < 4.78 is 6.01. The fraction of sp³-hybridized carbons (Fsp3) is 0.419. The van der Waals surface area contributed by atoms with Crippen LogP contribution >= 0.6 is 11.6 Å². The number of benzene rings is 2. The molecule has 0 aliphatic carbocycles. The number of nitriles is 1. The Kier molecular flexibility index (Phi) is 10.6. The minimum absolute atomic E-state index is 0.0305. The Morgan fingerprint density at radius 3 is 2.72 bits per heavy atom. The second-order valence-corrected chi connectivity index (χ2v) is 11.3. The lowest BCUT2D eigenvalue weighted by atomic mass is 10.1. The van der Waals surface area contributed by atoms with Gasteiger partial charge < -0.3 is 25.6 Å². The van der Waals surface area contributed by atoms with Crippen molar-refractivity contribution in [2.75, 3.05) is 76.6 Å². The van der Waals surface area contributed by atoms with E-state index >= 15 is 0 Å². The summed E-state index contributed by atoms with van der Waals surface area (Å²) in [7, 11) is 2.16. The van der Waals surface area contributed by atoms with E-state index < -0.39 is 0 Å². The van der Waals surface area contributed by atoms with E-state index in [1.807, 2.05) is 12.1 Å². The largest absolute Gasteiger partial charge is 0.491 e.